The van der Waals surface area contributed by atoms with Gasteiger partial charge in [-0.2, -0.15) is 0 Å². The Kier molecular flexibility index (Phi) is 3.20. The highest BCUT2D eigenvalue weighted by molar-refractivity contribution is 5.39. The lowest BCUT2D eigenvalue weighted by Crippen LogP contribution is -2.28. The molecule has 0 radical (unpaired) electrons. The van der Waals surface area contributed by atoms with Gasteiger partial charge in [0.15, 0.2) is 0 Å². The van der Waals surface area contributed by atoms with E-state index < -0.39 is 0 Å². The maximum Gasteiger partial charge on any atom is 0.119 e. The van der Waals surface area contributed by atoms with Gasteiger partial charge < -0.3 is 10.1 Å². The van der Waals surface area contributed by atoms with Crippen LogP contribution in [0.2, 0.25) is 0 Å². The number of methoxy groups -OCH3 is 1. The minimum absolute atomic E-state index is 0.352. The molecule has 0 saturated heterocycles. The summed E-state index contributed by atoms with van der Waals surface area (Å²) in [7, 11) is 1.73. The zero-order chi connectivity index (χ0) is 11.6. The van der Waals surface area contributed by atoms with Crippen LogP contribution in [0.3, 0.4) is 0 Å². The van der Waals surface area contributed by atoms with E-state index in [1.807, 2.05) is 6.07 Å². The van der Waals surface area contributed by atoms with Crippen molar-refractivity contribution in [1.82, 2.24) is 5.32 Å². The Morgan fingerprint density at radius 2 is 2.25 bits per heavy atom. The molecule has 1 aromatic carbocycles. The van der Waals surface area contributed by atoms with Crippen LogP contribution in [0.1, 0.15) is 25.8 Å². The first-order valence-corrected chi connectivity index (χ1v) is 6.08. The Morgan fingerprint density at radius 1 is 1.50 bits per heavy atom. The zero-order valence-electron chi connectivity index (χ0n) is 10.4. The summed E-state index contributed by atoms with van der Waals surface area (Å²) in [5.41, 5.74) is 1.77. The van der Waals surface area contributed by atoms with Gasteiger partial charge in [-0.25, -0.2) is 0 Å². The molecule has 0 heterocycles. The van der Waals surface area contributed by atoms with E-state index in [4.69, 9.17) is 4.74 Å². The summed E-state index contributed by atoms with van der Waals surface area (Å²) in [6, 6.07) is 8.51. The van der Waals surface area contributed by atoms with Crippen LogP contribution in [-0.2, 0) is 5.41 Å². The second kappa shape index (κ2) is 4.46. The van der Waals surface area contributed by atoms with E-state index in [9.17, 15) is 0 Å². The van der Waals surface area contributed by atoms with Crippen LogP contribution in [0.4, 0.5) is 0 Å². The first-order valence-electron chi connectivity index (χ1n) is 6.08. The first-order chi connectivity index (χ1) is 7.73. The van der Waals surface area contributed by atoms with Gasteiger partial charge in [0, 0.05) is 12.0 Å². The van der Waals surface area contributed by atoms with Gasteiger partial charge in [0.1, 0.15) is 5.75 Å². The zero-order valence-corrected chi connectivity index (χ0v) is 10.4. The van der Waals surface area contributed by atoms with Gasteiger partial charge in [-0.1, -0.05) is 26.0 Å². The molecule has 0 aromatic heterocycles. The summed E-state index contributed by atoms with van der Waals surface area (Å²) in [4.78, 5) is 0. The van der Waals surface area contributed by atoms with Gasteiger partial charge in [-0.3, -0.25) is 0 Å². The van der Waals surface area contributed by atoms with Gasteiger partial charge in [0.2, 0.25) is 0 Å². The monoisotopic (exact) mass is 219 g/mol. The Morgan fingerprint density at radius 3 is 2.81 bits per heavy atom. The minimum atomic E-state index is 0.352. The lowest BCUT2D eigenvalue weighted by atomic mass is 9.93. The average molecular weight is 219 g/mol. The third-order valence-corrected chi connectivity index (χ3v) is 3.79. The Labute approximate surface area is 98.0 Å². The van der Waals surface area contributed by atoms with E-state index in [1.54, 1.807) is 7.11 Å². The summed E-state index contributed by atoms with van der Waals surface area (Å²) in [6.07, 6.45) is 1.28. The van der Waals surface area contributed by atoms with Crippen LogP contribution in [0.15, 0.2) is 24.3 Å². The van der Waals surface area contributed by atoms with Crippen LogP contribution >= 0.6 is 0 Å². The molecule has 2 rings (SSSR count). The highest BCUT2D eigenvalue weighted by Gasteiger charge is 2.51. The van der Waals surface area contributed by atoms with Crippen molar-refractivity contribution in [3.63, 3.8) is 0 Å². The molecule has 2 heteroatoms. The standard InChI is InChI=1S/C14H21NO/c1-4-15-10-14(9-11(14)2)12-6-5-7-13(8-12)16-3/h5-8,11,15H,4,9-10H2,1-3H3. The summed E-state index contributed by atoms with van der Waals surface area (Å²) < 4.78 is 5.30. The predicted octanol–water partition coefficient (Wildman–Crippen LogP) is 2.58. The van der Waals surface area contributed by atoms with E-state index in [-0.39, 0.29) is 0 Å². The molecule has 0 amide bonds. The second-order valence-electron chi connectivity index (χ2n) is 4.77. The third kappa shape index (κ3) is 1.94. The molecular weight excluding hydrogens is 198 g/mol. The van der Waals surface area contributed by atoms with Crippen molar-refractivity contribution in [2.24, 2.45) is 5.92 Å². The quantitative estimate of drug-likeness (QED) is 0.822. The number of ether oxygens (including phenoxy) is 1. The van der Waals surface area contributed by atoms with Crippen molar-refractivity contribution in [2.45, 2.75) is 25.7 Å². The number of hydrogen-bond donors (Lipinski definition) is 1. The lowest BCUT2D eigenvalue weighted by Gasteiger charge is -2.18. The average Bonchev–Trinajstić information content (AvgIpc) is 2.99. The predicted molar refractivity (Wildman–Crippen MR) is 67.0 cm³/mol. The minimum Gasteiger partial charge on any atom is -0.497 e. The molecule has 2 unspecified atom stereocenters. The molecule has 1 aliphatic rings. The van der Waals surface area contributed by atoms with E-state index in [2.05, 4.69) is 37.4 Å². The molecule has 88 valence electrons. The molecule has 0 bridgehead atoms. The summed E-state index contributed by atoms with van der Waals surface area (Å²) in [6.45, 7) is 6.61. The van der Waals surface area contributed by atoms with E-state index in [0.29, 0.717) is 5.41 Å². The molecule has 2 nitrogen and oxygen atoms in total. The maximum absolute atomic E-state index is 5.30. The molecule has 1 N–H and O–H groups in total. The van der Waals surface area contributed by atoms with E-state index >= 15 is 0 Å². The van der Waals surface area contributed by atoms with Gasteiger partial charge in [-0.15, -0.1) is 0 Å². The second-order valence-corrected chi connectivity index (χ2v) is 4.77. The topological polar surface area (TPSA) is 21.3 Å². The highest BCUT2D eigenvalue weighted by atomic mass is 16.5. The SMILES string of the molecule is CCNCC1(c2cccc(OC)c2)CC1C. The first kappa shape index (κ1) is 11.5. The third-order valence-electron chi connectivity index (χ3n) is 3.79. The smallest absolute Gasteiger partial charge is 0.119 e. The van der Waals surface area contributed by atoms with Crippen molar-refractivity contribution in [2.75, 3.05) is 20.2 Å². The van der Waals surface area contributed by atoms with Gasteiger partial charge >= 0.3 is 0 Å². The van der Waals surface area contributed by atoms with Gasteiger partial charge in [0.05, 0.1) is 7.11 Å². The Bertz CT molecular complexity index is 364. The fourth-order valence-corrected chi connectivity index (χ4v) is 2.52. The molecule has 0 spiro atoms. The van der Waals surface area contributed by atoms with Crippen LogP contribution in [0.5, 0.6) is 5.75 Å². The molecule has 16 heavy (non-hydrogen) atoms. The number of benzene rings is 1. The molecule has 0 aliphatic heterocycles. The van der Waals surface area contributed by atoms with Gasteiger partial charge in [0.25, 0.3) is 0 Å². The normalized spacial score (nSPS) is 27.8. The fraction of sp³-hybridized carbons (Fsp3) is 0.571. The van der Waals surface area contributed by atoms with Crippen LogP contribution in [-0.4, -0.2) is 20.2 Å². The van der Waals surface area contributed by atoms with Crippen molar-refractivity contribution in [3.05, 3.63) is 29.8 Å². The van der Waals surface area contributed by atoms with Crippen molar-refractivity contribution in [3.8, 4) is 5.75 Å². The summed E-state index contributed by atoms with van der Waals surface area (Å²) in [5.74, 6) is 1.74. The van der Waals surface area contributed by atoms with Crippen molar-refractivity contribution < 1.29 is 4.74 Å². The van der Waals surface area contributed by atoms with Crippen molar-refractivity contribution in [1.29, 1.82) is 0 Å². The number of likely N-dealkylation sites (N-methyl/N-ethyl adjacent to an activating group) is 1. The Balaban J connectivity index is 2.20. The van der Waals surface area contributed by atoms with Crippen molar-refractivity contribution >= 4 is 0 Å². The number of hydrogen-bond acceptors (Lipinski definition) is 2. The number of nitrogens with one attached hydrogen (secondary N) is 1. The maximum atomic E-state index is 5.30. The highest BCUT2D eigenvalue weighted by Crippen LogP contribution is 2.53. The van der Waals surface area contributed by atoms with Crippen LogP contribution in [0, 0.1) is 5.92 Å². The van der Waals surface area contributed by atoms with E-state index in [0.717, 1.165) is 24.8 Å². The molecule has 1 aromatic rings. The number of rotatable bonds is 5. The van der Waals surface area contributed by atoms with Crippen LogP contribution in [0.25, 0.3) is 0 Å². The fourth-order valence-electron chi connectivity index (χ4n) is 2.52. The Hall–Kier alpha value is -1.02. The lowest BCUT2D eigenvalue weighted by molar-refractivity contribution is 0.413. The largest absolute Gasteiger partial charge is 0.497 e. The molecule has 1 fully saturated rings. The molecule has 1 saturated carbocycles. The molecule has 1 aliphatic carbocycles. The van der Waals surface area contributed by atoms with Gasteiger partial charge in [-0.05, 0) is 36.6 Å². The summed E-state index contributed by atoms with van der Waals surface area (Å²) in [5, 5.41) is 3.48. The van der Waals surface area contributed by atoms with Crippen LogP contribution < -0.4 is 10.1 Å². The summed E-state index contributed by atoms with van der Waals surface area (Å²) >= 11 is 0. The van der Waals surface area contributed by atoms with E-state index in [1.165, 1.54) is 12.0 Å². The molecule has 2 atom stereocenters. The molecular formula is C14H21NO.